The zero-order valence-corrected chi connectivity index (χ0v) is 18.0. The SMILES string of the molecule is COc1ccc(-n2ccc(C(=O)N(Cc3ccc(C#N)cc3)Cc3cccc(F)c3)n2)cc1. The molecule has 0 spiro atoms. The number of hydrogen-bond acceptors (Lipinski definition) is 4. The van der Waals surface area contributed by atoms with Gasteiger partial charge in [-0.25, -0.2) is 9.07 Å². The molecule has 3 aromatic carbocycles. The molecule has 0 fully saturated rings. The van der Waals surface area contributed by atoms with Crippen molar-refractivity contribution in [3.05, 3.63) is 113 Å². The standard InChI is InChI=1S/C26H21FN4O2/c1-33-24-11-9-23(10-12-24)31-14-13-25(29-31)26(32)30(18-21-3-2-4-22(27)15-21)17-20-7-5-19(16-28)6-8-20/h2-15H,17-18H2,1H3. The van der Waals surface area contributed by atoms with Gasteiger partial charge in [-0.1, -0.05) is 24.3 Å². The highest BCUT2D eigenvalue weighted by atomic mass is 19.1. The molecule has 0 aliphatic heterocycles. The van der Waals surface area contributed by atoms with Gasteiger partial charge in [-0.2, -0.15) is 10.4 Å². The number of benzene rings is 3. The molecule has 164 valence electrons. The van der Waals surface area contributed by atoms with Crippen molar-refractivity contribution < 1.29 is 13.9 Å². The molecular weight excluding hydrogens is 419 g/mol. The number of methoxy groups -OCH3 is 1. The van der Waals surface area contributed by atoms with Crippen molar-refractivity contribution in [3.8, 4) is 17.5 Å². The van der Waals surface area contributed by atoms with Crippen LogP contribution in [0.1, 0.15) is 27.2 Å². The third-order valence-corrected chi connectivity index (χ3v) is 5.15. The second-order valence-electron chi connectivity index (χ2n) is 7.44. The fraction of sp³-hybridized carbons (Fsp3) is 0.115. The van der Waals surface area contributed by atoms with E-state index in [2.05, 4.69) is 11.2 Å². The van der Waals surface area contributed by atoms with Gasteiger partial charge >= 0.3 is 0 Å². The van der Waals surface area contributed by atoms with Crippen molar-refractivity contribution in [1.29, 1.82) is 5.26 Å². The maximum Gasteiger partial charge on any atom is 0.274 e. The summed E-state index contributed by atoms with van der Waals surface area (Å²) in [6, 6.07) is 24.3. The average molecular weight is 440 g/mol. The molecule has 33 heavy (non-hydrogen) atoms. The van der Waals surface area contributed by atoms with Crippen molar-refractivity contribution in [2.75, 3.05) is 7.11 Å². The number of carbonyl (C=O) groups excluding carboxylic acids is 1. The van der Waals surface area contributed by atoms with Gasteiger partial charge < -0.3 is 9.64 Å². The van der Waals surface area contributed by atoms with Gasteiger partial charge in [-0.3, -0.25) is 4.79 Å². The van der Waals surface area contributed by atoms with Crippen molar-refractivity contribution in [2.24, 2.45) is 0 Å². The van der Waals surface area contributed by atoms with Crippen LogP contribution in [0.25, 0.3) is 5.69 Å². The van der Waals surface area contributed by atoms with E-state index in [9.17, 15) is 9.18 Å². The summed E-state index contributed by atoms with van der Waals surface area (Å²) >= 11 is 0. The Morgan fingerprint density at radius 2 is 1.76 bits per heavy atom. The lowest BCUT2D eigenvalue weighted by molar-refractivity contribution is 0.0723. The maximum atomic E-state index is 13.7. The monoisotopic (exact) mass is 440 g/mol. The minimum absolute atomic E-state index is 0.214. The zero-order valence-electron chi connectivity index (χ0n) is 18.0. The summed E-state index contributed by atoms with van der Waals surface area (Å²) in [6.45, 7) is 0.502. The molecule has 0 aliphatic carbocycles. The van der Waals surface area contributed by atoms with Crippen LogP contribution in [0.3, 0.4) is 0 Å². The number of aromatic nitrogens is 2. The van der Waals surface area contributed by atoms with Gasteiger partial charge in [0, 0.05) is 19.3 Å². The third kappa shape index (κ3) is 5.25. The summed E-state index contributed by atoms with van der Waals surface area (Å²) in [5.74, 6) is 0.0869. The lowest BCUT2D eigenvalue weighted by Crippen LogP contribution is -2.30. The van der Waals surface area contributed by atoms with Crippen LogP contribution in [-0.2, 0) is 13.1 Å². The van der Waals surface area contributed by atoms with Crippen LogP contribution in [0.15, 0.2) is 85.1 Å². The Labute approximate surface area is 191 Å². The first-order valence-corrected chi connectivity index (χ1v) is 10.3. The molecule has 0 radical (unpaired) electrons. The number of amides is 1. The highest BCUT2D eigenvalue weighted by Gasteiger charge is 2.20. The lowest BCUT2D eigenvalue weighted by Gasteiger charge is -2.22. The third-order valence-electron chi connectivity index (χ3n) is 5.15. The summed E-state index contributed by atoms with van der Waals surface area (Å²) in [7, 11) is 1.60. The second kappa shape index (κ2) is 9.79. The maximum absolute atomic E-state index is 13.7. The predicted molar refractivity (Wildman–Crippen MR) is 121 cm³/mol. The molecule has 0 unspecified atom stereocenters. The average Bonchev–Trinajstić information content (AvgIpc) is 3.34. The van der Waals surface area contributed by atoms with Gasteiger partial charge in [0.15, 0.2) is 5.69 Å². The summed E-state index contributed by atoms with van der Waals surface area (Å²) in [5, 5.41) is 13.5. The van der Waals surface area contributed by atoms with Crippen molar-refractivity contribution in [1.82, 2.24) is 14.7 Å². The zero-order chi connectivity index (χ0) is 23.2. The first-order chi connectivity index (χ1) is 16.1. The number of nitrogens with zero attached hydrogens (tertiary/aromatic N) is 4. The molecule has 0 N–H and O–H groups in total. The van der Waals surface area contributed by atoms with E-state index in [1.165, 1.54) is 12.1 Å². The van der Waals surface area contributed by atoms with E-state index in [4.69, 9.17) is 10.00 Å². The number of carbonyl (C=O) groups is 1. The number of halogens is 1. The van der Waals surface area contributed by atoms with Crippen LogP contribution in [0.5, 0.6) is 5.75 Å². The Balaban J connectivity index is 1.60. The van der Waals surface area contributed by atoms with Gasteiger partial charge in [-0.05, 0) is 65.7 Å². The van der Waals surface area contributed by atoms with Crippen LogP contribution in [-0.4, -0.2) is 27.7 Å². The minimum atomic E-state index is -0.359. The van der Waals surface area contributed by atoms with Gasteiger partial charge in [0.2, 0.25) is 0 Å². The van der Waals surface area contributed by atoms with E-state index < -0.39 is 0 Å². The first-order valence-electron chi connectivity index (χ1n) is 10.3. The summed E-state index contributed by atoms with van der Waals surface area (Å²) in [6.07, 6.45) is 1.72. The molecule has 0 aliphatic rings. The fourth-order valence-corrected chi connectivity index (χ4v) is 3.44. The van der Waals surface area contributed by atoms with Crippen molar-refractivity contribution >= 4 is 5.91 Å². The molecule has 4 aromatic rings. The fourth-order valence-electron chi connectivity index (χ4n) is 3.44. The number of rotatable bonds is 7. The van der Waals surface area contributed by atoms with Gasteiger partial charge in [0.1, 0.15) is 11.6 Å². The Hall–Kier alpha value is -4.44. The number of hydrogen-bond donors (Lipinski definition) is 0. The molecule has 0 saturated heterocycles. The molecule has 1 heterocycles. The molecule has 0 atom stereocenters. The molecule has 0 bridgehead atoms. The van der Waals surface area contributed by atoms with E-state index in [-0.39, 0.29) is 30.5 Å². The van der Waals surface area contributed by atoms with Crippen LogP contribution in [0.2, 0.25) is 0 Å². The van der Waals surface area contributed by atoms with E-state index in [0.29, 0.717) is 11.1 Å². The Morgan fingerprint density at radius 3 is 2.42 bits per heavy atom. The predicted octanol–water partition coefficient (Wildman–Crippen LogP) is 4.73. The van der Waals surface area contributed by atoms with E-state index in [1.807, 2.05) is 24.3 Å². The summed E-state index contributed by atoms with van der Waals surface area (Å²) < 4.78 is 20.5. The largest absolute Gasteiger partial charge is 0.497 e. The van der Waals surface area contributed by atoms with Gasteiger partial charge in [0.05, 0.1) is 24.4 Å². The van der Waals surface area contributed by atoms with E-state index in [0.717, 1.165) is 17.0 Å². The molecule has 6 nitrogen and oxygen atoms in total. The highest BCUT2D eigenvalue weighted by Crippen LogP contribution is 2.18. The molecule has 7 heteroatoms. The molecular formula is C26H21FN4O2. The quantitative estimate of drug-likeness (QED) is 0.416. The Bertz CT molecular complexity index is 1290. The van der Waals surface area contributed by atoms with Crippen LogP contribution < -0.4 is 4.74 Å². The van der Waals surface area contributed by atoms with Crippen LogP contribution in [0.4, 0.5) is 4.39 Å². The summed E-state index contributed by atoms with van der Waals surface area (Å²) in [4.78, 5) is 15.0. The summed E-state index contributed by atoms with van der Waals surface area (Å²) in [5.41, 5.74) is 3.13. The Kier molecular flexibility index (Phi) is 6.46. The Morgan fingerprint density at radius 1 is 1.03 bits per heavy atom. The van der Waals surface area contributed by atoms with Gasteiger partial charge in [-0.15, -0.1) is 0 Å². The minimum Gasteiger partial charge on any atom is -0.497 e. The van der Waals surface area contributed by atoms with E-state index >= 15 is 0 Å². The molecule has 1 amide bonds. The van der Waals surface area contributed by atoms with Crippen molar-refractivity contribution in [3.63, 3.8) is 0 Å². The first kappa shape index (κ1) is 21.8. The number of ether oxygens (including phenoxy) is 1. The molecule has 1 aromatic heterocycles. The lowest BCUT2D eigenvalue weighted by atomic mass is 10.1. The smallest absolute Gasteiger partial charge is 0.274 e. The van der Waals surface area contributed by atoms with Crippen LogP contribution >= 0.6 is 0 Å². The highest BCUT2D eigenvalue weighted by molar-refractivity contribution is 5.92. The van der Waals surface area contributed by atoms with E-state index in [1.54, 1.807) is 65.4 Å². The van der Waals surface area contributed by atoms with Crippen molar-refractivity contribution in [2.45, 2.75) is 13.1 Å². The number of nitriles is 1. The second-order valence-corrected chi connectivity index (χ2v) is 7.44. The van der Waals surface area contributed by atoms with Crippen LogP contribution in [0, 0.1) is 17.1 Å². The molecule has 0 saturated carbocycles. The normalized spacial score (nSPS) is 10.5. The van der Waals surface area contributed by atoms with Gasteiger partial charge in [0.25, 0.3) is 5.91 Å². The topological polar surface area (TPSA) is 71.2 Å². The molecule has 4 rings (SSSR count).